The Bertz CT molecular complexity index is 363. The number of ether oxygens (including phenoxy) is 1. The minimum Gasteiger partial charge on any atom is -0.379 e. The Balaban J connectivity index is 2.00. The van der Waals surface area contributed by atoms with Crippen LogP contribution in [-0.2, 0) is 9.53 Å². The highest BCUT2D eigenvalue weighted by atomic mass is 32.1. The van der Waals surface area contributed by atoms with Crippen LogP contribution >= 0.6 is 11.3 Å². The van der Waals surface area contributed by atoms with Gasteiger partial charge in [0, 0.05) is 24.5 Å². The van der Waals surface area contributed by atoms with Crippen LogP contribution in [0.25, 0.3) is 0 Å². The molecule has 1 aromatic heterocycles. The van der Waals surface area contributed by atoms with Crippen molar-refractivity contribution in [3.63, 3.8) is 0 Å². The predicted molar refractivity (Wildman–Crippen MR) is 71.5 cm³/mol. The van der Waals surface area contributed by atoms with Crippen molar-refractivity contribution in [1.82, 2.24) is 10.2 Å². The topological polar surface area (TPSA) is 67.6 Å². The molecular formula is C12H19N3O2S. The summed E-state index contributed by atoms with van der Waals surface area (Å²) in [7, 11) is 0. The molecular weight excluding hydrogens is 250 g/mol. The molecule has 3 N–H and O–H groups in total. The first-order chi connectivity index (χ1) is 8.81. The number of amides is 1. The van der Waals surface area contributed by atoms with Crippen LogP contribution in [0.2, 0.25) is 0 Å². The van der Waals surface area contributed by atoms with Gasteiger partial charge in [-0.05, 0) is 11.4 Å². The van der Waals surface area contributed by atoms with E-state index in [0.717, 1.165) is 26.3 Å². The van der Waals surface area contributed by atoms with Gasteiger partial charge in [-0.3, -0.25) is 9.69 Å². The summed E-state index contributed by atoms with van der Waals surface area (Å²) in [6, 6.07) is 4.38. The molecule has 1 unspecified atom stereocenters. The lowest BCUT2D eigenvalue weighted by Gasteiger charge is -2.34. The SMILES string of the molecule is NCC(=O)NCC(c1cccs1)N1CCOCC1. The maximum Gasteiger partial charge on any atom is 0.233 e. The van der Waals surface area contributed by atoms with E-state index in [0.29, 0.717) is 6.54 Å². The Labute approximate surface area is 111 Å². The van der Waals surface area contributed by atoms with Gasteiger partial charge in [-0.25, -0.2) is 0 Å². The van der Waals surface area contributed by atoms with Gasteiger partial charge >= 0.3 is 0 Å². The third kappa shape index (κ3) is 3.52. The molecule has 1 saturated heterocycles. The number of hydrogen-bond acceptors (Lipinski definition) is 5. The first kappa shape index (κ1) is 13.5. The molecule has 100 valence electrons. The molecule has 0 radical (unpaired) electrons. The molecule has 1 aliphatic heterocycles. The quantitative estimate of drug-likeness (QED) is 0.801. The van der Waals surface area contributed by atoms with E-state index in [1.165, 1.54) is 4.88 Å². The Morgan fingerprint density at radius 2 is 2.33 bits per heavy atom. The van der Waals surface area contributed by atoms with Crippen molar-refractivity contribution in [3.8, 4) is 0 Å². The molecule has 1 aliphatic rings. The molecule has 0 aliphatic carbocycles. The predicted octanol–water partition coefficient (Wildman–Crippen LogP) is 0.196. The van der Waals surface area contributed by atoms with Gasteiger partial charge in [-0.15, -0.1) is 11.3 Å². The number of nitrogens with zero attached hydrogens (tertiary/aromatic N) is 1. The van der Waals surface area contributed by atoms with E-state index in [1.54, 1.807) is 11.3 Å². The van der Waals surface area contributed by atoms with Crippen molar-refractivity contribution in [2.45, 2.75) is 6.04 Å². The van der Waals surface area contributed by atoms with E-state index in [-0.39, 0.29) is 18.5 Å². The maximum absolute atomic E-state index is 11.3. The van der Waals surface area contributed by atoms with Gasteiger partial charge in [0.2, 0.25) is 5.91 Å². The molecule has 1 atom stereocenters. The number of thiophene rings is 1. The van der Waals surface area contributed by atoms with Crippen LogP contribution in [0.15, 0.2) is 17.5 Å². The van der Waals surface area contributed by atoms with E-state index < -0.39 is 0 Å². The van der Waals surface area contributed by atoms with Crippen LogP contribution in [0.1, 0.15) is 10.9 Å². The van der Waals surface area contributed by atoms with Crippen LogP contribution in [0.3, 0.4) is 0 Å². The minimum absolute atomic E-state index is 0.0419. The van der Waals surface area contributed by atoms with Crippen LogP contribution in [0.5, 0.6) is 0 Å². The fraction of sp³-hybridized carbons (Fsp3) is 0.583. The lowest BCUT2D eigenvalue weighted by atomic mass is 10.2. The number of nitrogens with two attached hydrogens (primary N) is 1. The van der Waals surface area contributed by atoms with E-state index >= 15 is 0 Å². The van der Waals surface area contributed by atoms with Crippen LogP contribution < -0.4 is 11.1 Å². The summed E-state index contributed by atoms with van der Waals surface area (Å²) in [5.74, 6) is -0.107. The molecule has 2 heterocycles. The molecule has 0 saturated carbocycles. The molecule has 0 bridgehead atoms. The third-order valence-electron chi connectivity index (χ3n) is 3.04. The number of nitrogens with one attached hydrogen (secondary N) is 1. The van der Waals surface area contributed by atoms with Gasteiger partial charge in [-0.1, -0.05) is 6.07 Å². The zero-order valence-corrected chi connectivity index (χ0v) is 11.1. The van der Waals surface area contributed by atoms with Gasteiger partial charge in [-0.2, -0.15) is 0 Å². The van der Waals surface area contributed by atoms with Crippen molar-refractivity contribution in [1.29, 1.82) is 0 Å². The number of carbonyl (C=O) groups is 1. The van der Waals surface area contributed by atoms with Gasteiger partial charge in [0.15, 0.2) is 0 Å². The second kappa shape index (κ2) is 6.84. The van der Waals surface area contributed by atoms with Gasteiger partial charge in [0.25, 0.3) is 0 Å². The fourth-order valence-electron chi connectivity index (χ4n) is 2.06. The lowest BCUT2D eigenvalue weighted by Crippen LogP contribution is -2.44. The molecule has 0 spiro atoms. The Kier molecular flexibility index (Phi) is 5.12. The second-order valence-electron chi connectivity index (χ2n) is 4.19. The summed E-state index contributed by atoms with van der Waals surface area (Å²) in [5, 5.41) is 4.94. The Morgan fingerprint density at radius 3 is 2.94 bits per heavy atom. The maximum atomic E-state index is 11.3. The summed E-state index contributed by atoms with van der Waals surface area (Å²) in [4.78, 5) is 14.9. The van der Waals surface area contributed by atoms with Gasteiger partial charge in [0.1, 0.15) is 0 Å². The molecule has 1 aromatic rings. The number of hydrogen-bond donors (Lipinski definition) is 2. The average Bonchev–Trinajstić information content (AvgIpc) is 2.94. The molecule has 5 nitrogen and oxygen atoms in total. The minimum atomic E-state index is -0.107. The van der Waals surface area contributed by atoms with E-state index in [9.17, 15) is 4.79 Å². The monoisotopic (exact) mass is 269 g/mol. The molecule has 1 fully saturated rings. The smallest absolute Gasteiger partial charge is 0.233 e. The summed E-state index contributed by atoms with van der Waals surface area (Å²) in [6.07, 6.45) is 0. The van der Waals surface area contributed by atoms with Crippen molar-refractivity contribution in [3.05, 3.63) is 22.4 Å². The fourth-order valence-corrected chi connectivity index (χ4v) is 2.92. The highest BCUT2D eigenvalue weighted by Gasteiger charge is 2.23. The summed E-state index contributed by atoms with van der Waals surface area (Å²) < 4.78 is 5.37. The highest BCUT2D eigenvalue weighted by Crippen LogP contribution is 2.25. The normalized spacial score (nSPS) is 18.5. The van der Waals surface area contributed by atoms with E-state index in [4.69, 9.17) is 10.5 Å². The second-order valence-corrected chi connectivity index (χ2v) is 5.17. The largest absolute Gasteiger partial charge is 0.379 e. The van der Waals surface area contributed by atoms with Crippen LogP contribution in [0, 0.1) is 0 Å². The Morgan fingerprint density at radius 1 is 1.56 bits per heavy atom. The standard InChI is InChI=1S/C12H19N3O2S/c13-8-12(16)14-9-10(11-2-1-7-18-11)15-3-5-17-6-4-15/h1-2,7,10H,3-6,8-9,13H2,(H,14,16). The molecule has 0 aromatic carbocycles. The van der Waals surface area contributed by atoms with Crippen LogP contribution in [0.4, 0.5) is 0 Å². The summed E-state index contributed by atoms with van der Waals surface area (Å²) in [5.41, 5.74) is 5.31. The molecule has 2 rings (SSSR count). The summed E-state index contributed by atoms with van der Waals surface area (Å²) in [6.45, 7) is 3.97. The first-order valence-corrected chi connectivity index (χ1v) is 7.01. The highest BCUT2D eigenvalue weighted by molar-refractivity contribution is 7.10. The molecule has 1 amide bonds. The zero-order chi connectivity index (χ0) is 12.8. The molecule has 18 heavy (non-hydrogen) atoms. The van der Waals surface area contributed by atoms with Gasteiger partial charge in [0.05, 0.1) is 25.8 Å². The molecule has 6 heteroatoms. The lowest BCUT2D eigenvalue weighted by molar-refractivity contribution is -0.120. The van der Waals surface area contributed by atoms with Gasteiger partial charge < -0.3 is 15.8 Å². The van der Waals surface area contributed by atoms with Crippen LogP contribution in [-0.4, -0.2) is 50.2 Å². The van der Waals surface area contributed by atoms with Crippen molar-refractivity contribution in [2.24, 2.45) is 5.73 Å². The van der Waals surface area contributed by atoms with Crippen molar-refractivity contribution < 1.29 is 9.53 Å². The van der Waals surface area contributed by atoms with E-state index in [1.807, 2.05) is 6.07 Å². The first-order valence-electron chi connectivity index (χ1n) is 6.13. The average molecular weight is 269 g/mol. The number of rotatable bonds is 5. The van der Waals surface area contributed by atoms with E-state index in [2.05, 4.69) is 21.7 Å². The van der Waals surface area contributed by atoms with Crippen molar-refractivity contribution >= 4 is 17.2 Å². The number of morpholine rings is 1. The van der Waals surface area contributed by atoms with Crippen molar-refractivity contribution in [2.75, 3.05) is 39.4 Å². The zero-order valence-electron chi connectivity index (χ0n) is 10.3. The third-order valence-corrected chi connectivity index (χ3v) is 4.01. The Hall–Kier alpha value is -0.950. The summed E-state index contributed by atoms with van der Waals surface area (Å²) >= 11 is 1.72. The number of carbonyl (C=O) groups excluding carboxylic acids is 1.